The second-order valence-corrected chi connectivity index (χ2v) is 6.72. The summed E-state index contributed by atoms with van der Waals surface area (Å²) in [4.78, 5) is 22.3. The summed E-state index contributed by atoms with van der Waals surface area (Å²) in [5.74, 6) is -0.968. The lowest BCUT2D eigenvalue weighted by Gasteiger charge is -2.08. The zero-order valence-corrected chi connectivity index (χ0v) is 17.8. The van der Waals surface area contributed by atoms with E-state index < -0.39 is 11.9 Å². The fraction of sp³-hybridized carbons (Fsp3) is 0.417. The summed E-state index contributed by atoms with van der Waals surface area (Å²) in [6.45, 7) is 5.20. The quantitative estimate of drug-likeness (QED) is 0.361. The Labute approximate surface area is 178 Å². The van der Waals surface area contributed by atoms with Crippen LogP contribution < -0.4 is 4.74 Å². The van der Waals surface area contributed by atoms with Crippen LogP contribution in [0.3, 0.4) is 0 Å². The number of para-hydroxylation sites is 2. The SMILES string of the molecule is CCCCCOC(=O)c1ccccc1O.CCCCCOc1ccccc1C(=O)O. The minimum absolute atomic E-state index is 0.0296. The van der Waals surface area contributed by atoms with E-state index in [1.54, 1.807) is 42.5 Å². The molecule has 0 bridgehead atoms. The molecule has 30 heavy (non-hydrogen) atoms. The maximum absolute atomic E-state index is 11.4. The molecule has 0 fully saturated rings. The highest BCUT2D eigenvalue weighted by molar-refractivity contribution is 5.92. The fourth-order valence-corrected chi connectivity index (χ4v) is 2.54. The number of esters is 1. The summed E-state index contributed by atoms with van der Waals surface area (Å²) in [5.41, 5.74) is 0.461. The van der Waals surface area contributed by atoms with Crippen LogP contribution in [-0.2, 0) is 4.74 Å². The molecule has 0 spiro atoms. The zero-order valence-electron chi connectivity index (χ0n) is 17.8. The number of carbonyl (C=O) groups excluding carboxylic acids is 1. The average molecular weight is 417 g/mol. The van der Waals surface area contributed by atoms with E-state index in [0.29, 0.717) is 19.0 Å². The number of benzene rings is 2. The number of hydrogen-bond acceptors (Lipinski definition) is 5. The molecule has 2 aromatic rings. The number of hydrogen-bond donors (Lipinski definition) is 2. The Balaban J connectivity index is 0.000000300. The second-order valence-electron chi connectivity index (χ2n) is 6.72. The number of ether oxygens (including phenoxy) is 2. The standard InChI is InChI=1S/2C12H16O3/c1-2-3-6-9-15-11-8-5-4-7-10(11)12(13)14;1-2-3-6-9-15-12(14)10-7-4-5-8-11(10)13/h4-5,7-8H,2-3,6,9H2,1H3,(H,13,14);4-5,7-8,13H,2-3,6,9H2,1H3. The van der Waals surface area contributed by atoms with Crippen molar-refractivity contribution in [2.75, 3.05) is 13.2 Å². The third kappa shape index (κ3) is 9.45. The fourth-order valence-electron chi connectivity index (χ4n) is 2.54. The number of aromatic carboxylic acids is 1. The number of carbonyl (C=O) groups is 2. The molecule has 6 nitrogen and oxygen atoms in total. The van der Waals surface area contributed by atoms with Gasteiger partial charge in [-0.2, -0.15) is 0 Å². The van der Waals surface area contributed by atoms with E-state index in [1.165, 1.54) is 6.07 Å². The molecule has 0 unspecified atom stereocenters. The second kappa shape index (κ2) is 14.9. The molecule has 0 atom stereocenters. The number of phenols is 1. The number of phenolic OH excluding ortho intramolecular Hbond substituents is 1. The van der Waals surface area contributed by atoms with Crippen molar-refractivity contribution in [3.05, 3.63) is 59.7 Å². The van der Waals surface area contributed by atoms with E-state index in [0.717, 1.165) is 38.5 Å². The largest absolute Gasteiger partial charge is 0.507 e. The molecule has 2 rings (SSSR count). The molecular weight excluding hydrogens is 384 g/mol. The molecule has 0 aliphatic carbocycles. The lowest BCUT2D eigenvalue weighted by atomic mass is 10.2. The molecule has 0 radical (unpaired) electrons. The third-order valence-electron chi connectivity index (χ3n) is 4.23. The highest BCUT2D eigenvalue weighted by atomic mass is 16.5. The van der Waals surface area contributed by atoms with E-state index in [4.69, 9.17) is 14.6 Å². The van der Waals surface area contributed by atoms with E-state index in [1.807, 2.05) is 0 Å². The van der Waals surface area contributed by atoms with Crippen LogP contribution in [-0.4, -0.2) is 35.4 Å². The molecule has 0 aromatic heterocycles. The van der Waals surface area contributed by atoms with Crippen molar-refractivity contribution in [2.45, 2.75) is 52.4 Å². The van der Waals surface area contributed by atoms with Gasteiger partial charge in [-0.05, 0) is 37.1 Å². The van der Waals surface area contributed by atoms with Gasteiger partial charge in [-0.1, -0.05) is 63.8 Å². The average Bonchev–Trinajstić information content (AvgIpc) is 2.75. The van der Waals surface area contributed by atoms with Crippen LogP contribution in [0.15, 0.2) is 48.5 Å². The number of carboxylic acids is 1. The monoisotopic (exact) mass is 416 g/mol. The Morgan fingerprint density at radius 3 is 1.97 bits per heavy atom. The molecule has 6 heteroatoms. The summed E-state index contributed by atoms with van der Waals surface area (Å²) in [6.07, 6.45) is 6.21. The molecule has 0 saturated carbocycles. The van der Waals surface area contributed by atoms with Gasteiger partial charge >= 0.3 is 11.9 Å². The summed E-state index contributed by atoms with van der Waals surface area (Å²) in [6, 6.07) is 13.1. The first-order valence-corrected chi connectivity index (χ1v) is 10.4. The van der Waals surface area contributed by atoms with Gasteiger partial charge in [0.25, 0.3) is 0 Å². The zero-order chi connectivity index (χ0) is 22.2. The van der Waals surface area contributed by atoms with Crippen molar-refractivity contribution >= 4 is 11.9 Å². The van der Waals surface area contributed by atoms with Crippen molar-refractivity contribution in [3.63, 3.8) is 0 Å². The van der Waals surface area contributed by atoms with Gasteiger partial charge in [0.2, 0.25) is 0 Å². The summed E-state index contributed by atoms with van der Waals surface area (Å²) in [5, 5.41) is 18.3. The maximum atomic E-state index is 11.4. The maximum Gasteiger partial charge on any atom is 0.341 e. The van der Waals surface area contributed by atoms with Crippen LogP contribution >= 0.6 is 0 Å². The van der Waals surface area contributed by atoms with Crippen molar-refractivity contribution < 1.29 is 29.3 Å². The first-order valence-electron chi connectivity index (χ1n) is 10.4. The van der Waals surface area contributed by atoms with Gasteiger partial charge in [-0.15, -0.1) is 0 Å². The van der Waals surface area contributed by atoms with Crippen LogP contribution in [0.5, 0.6) is 11.5 Å². The Bertz CT molecular complexity index is 772. The summed E-state index contributed by atoms with van der Waals surface area (Å²) < 4.78 is 10.4. The summed E-state index contributed by atoms with van der Waals surface area (Å²) >= 11 is 0. The van der Waals surface area contributed by atoms with Gasteiger partial charge in [0.1, 0.15) is 22.6 Å². The predicted molar refractivity (Wildman–Crippen MR) is 116 cm³/mol. The first-order chi connectivity index (χ1) is 14.5. The van der Waals surface area contributed by atoms with E-state index in [2.05, 4.69) is 13.8 Å². The lowest BCUT2D eigenvalue weighted by Crippen LogP contribution is -2.06. The van der Waals surface area contributed by atoms with Gasteiger partial charge in [-0.3, -0.25) is 0 Å². The highest BCUT2D eigenvalue weighted by Gasteiger charge is 2.11. The smallest absolute Gasteiger partial charge is 0.341 e. The van der Waals surface area contributed by atoms with Crippen LogP contribution in [0.4, 0.5) is 0 Å². The van der Waals surface area contributed by atoms with Gasteiger partial charge in [0.15, 0.2) is 0 Å². The Hall–Kier alpha value is -3.02. The van der Waals surface area contributed by atoms with Gasteiger partial charge in [-0.25, -0.2) is 9.59 Å². The molecule has 0 heterocycles. The van der Waals surface area contributed by atoms with E-state index >= 15 is 0 Å². The van der Waals surface area contributed by atoms with Crippen LogP contribution in [0.2, 0.25) is 0 Å². The van der Waals surface area contributed by atoms with Crippen molar-refractivity contribution in [3.8, 4) is 11.5 Å². The molecule has 164 valence electrons. The number of aromatic hydroxyl groups is 1. The van der Waals surface area contributed by atoms with Crippen LogP contribution in [0, 0.1) is 0 Å². The minimum Gasteiger partial charge on any atom is -0.507 e. The molecule has 0 aliphatic rings. The third-order valence-corrected chi connectivity index (χ3v) is 4.23. The van der Waals surface area contributed by atoms with Crippen molar-refractivity contribution in [2.24, 2.45) is 0 Å². The van der Waals surface area contributed by atoms with Gasteiger partial charge in [0, 0.05) is 0 Å². The number of unbranched alkanes of at least 4 members (excludes halogenated alkanes) is 4. The van der Waals surface area contributed by atoms with E-state index in [-0.39, 0.29) is 16.9 Å². The predicted octanol–water partition coefficient (Wildman–Crippen LogP) is 5.69. The van der Waals surface area contributed by atoms with Crippen LogP contribution in [0.25, 0.3) is 0 Å². The van der Waals surface area contributed by atoms with E-state index in [9.17, 15) is 14.7 Å². The summed E-state index contributed by atoms with van der Waals surface area (Å²) in [7, 11) is 0. The molecule has 2 N–H and O–H groups in total. The van der Waals surface area contributed by atoms with Crippen molar-refractivity contribution in [1.29, 1.82) is 0 Å². The molecular formula is C24H32O6. The van der Waals surface area contributed by atoms with Crippen molar-refractivity contribution in [1.82, 2.24) is 0 Å². The Morgan fingerprint density at radius 2 is 1.37 bits per heavy atom. The molecule has 0 saturated heterocycles. The molecule has 2 aromatic carbocycles. The van der Waals surface area contributed by atoms with Gasteiger partial charge in [0.05, 0.1) is 13.2 Å². The Morgan fingerprint density at radius 1 is 0.800 bits per heavy atom. The van der Waals surface area contributed by atoms with Crippen LogP contribution in [0.1, 0.15) is 73.1 Å². The topological polar surface area (TPSA) is 93.1 Å². The normalized spacial score (nSPS) is 9.93. The highest BCUT2D eigenvalue weighted by Crippen LogP contribution is 2.18. The first kappa shape index (κ1) is 25.0. The Kier molecular flexibility index (Phi) is 12.4. The molecule has 0 amide bonds. The minimum atomic E-state index is -0.943. The number of rotatable bonds is 11. The lowest BCUT2D eigenvalue weighted by molar-refractivity contribution is 0.0494. The van der Waals surface area contributed by atoms with Gasteiger partial charge < -0.3 is 19.7 Å². The molecule has 0 aliphatic heterocycles. The number of carboxylic acid groups (broad SMARTS) is 1.